The molecule has 0 aliphatic rings. The molecule has 9 heteroatoms. The number of benzene rings is 2. The number of carbonyl (C=O) groups is 1. The van der Waals surface area contributed by atoms with Gasteiger partial charge >= 0.3 is 6.18 Å². The van der Waals surface area contributed by atoms with Gasteiger partial charge in [0.1, 0.15) is 12.1 Å². The smallest absolute Gasteiger partial charge is 0.416 e. The number of aromatic nitrogens is 3. The number of carbonyl (C=O) groups excluding carboxylic acids is 1. The first kappa shape index (κ1) is 20.4. The van der Waals surface area contributed by atoms with Crippen molar-refractivity contribution in [1.82, 2.24) is 14.6 Å². The average Bonchev–Trinajstić information content (AvgIpc) is 3.21. The SMILES string of the molecule is COc1cc(C(F)(F)F)ccc1NC(=O)Cc1ccc(-c2ccn3ncnc3c2)cc1. The molecule has 0 atom stereocenters. The van der Waals surface area contributed by atoms with Gasteiger partial charge in [0.2, 0.25) is 5.91 Å². The summed E-state index contributed by atoms with van der Waals surface area (Å²) in [5.41, 5.74) is 2.74. The molecule has 0 aliphatic heterocycles. The number of alkyl halides is 3. The lowest BCUT2D eigenvalue weighted by Crippen LogP contribution is -2.15. The van der Waals surface area contributed by atoms with Crippen molar-refractivity contribution in [3.63, 3.8) is 0 Å². The van der Waals surface area contributed by atoms with Crippen LogP contribution in [-0.2, 0) is 17.4 Å². The highest BCUT2D eigenvalue weighted by Gasteiger charge is 2.31. The molecule has 31 heavy (non-hydrogen) atoms. The van der Waals surface area contributed by atoms with Crippen molar-refractivity contribution in [1.29, 1.82) is 0 Å². The molecule has 2 heterocycles. The van der Waals surface area contributed by atoms with Gasteiger partial charge in [-0.1, -0.05) is 24.3 Å². The Morgan fingerprint density at radius 2 is 1.84 bits per heavy atom. The fourth-order valence-electron chi connectivity index (χ4n) is 3.16. The third-order valence-corrected chi connectivity index (χ3v) is 4.74. The zero-order chi connectivity index (χ0) is 22.0. The highest BCUT2D eigenvalue weighted by atomic mass is 19.4. The predicted molar refractivity (Wildman–Crippen MR) is 109 cm³/mol. The van der Waals surface area contributed by atoms with Crippen LogP contribution in [0.1, 0.15) is 11.1 Å². The minimum absolute atomic E-state index is 0.0533. The second kappa shape index (κ2) is 8.10. The van der Waals surface area contributed by atoms with Crippen molar-refractivity contribution in [3.05, 3.63) is 78.2 Å². The van der Waals surface area contributed by atoms with Gasteiger partial charge in [-0.25, -0.2) is 9.50 Å². The van der Waals surface area contributed by atoms with Crippen molar-refractivity contribution >= 4 is 17.2 Å². The number of fused-ring (bicyclic) bond motifs is 1. The first-order valence-corrected chi connectivity index (χ1v) is 9.27. The molecule has 0 aliphatic carbocycles. The molecule has 0 radical (unpaired) electrons. The van der Waals surface area contributed by atoms with E-state index in [4.69, 9.17) is 4.74 Å². The molecule has 1 N–H and O–H groups in total. The summed E-state index contributed by atoms with van der Waals surface area (Å²) in [7, 11) is 1.25. The molecule has 0 saturated carbocycles. The van der Waals surface area contributed by atoms with E-state index < -0.39 is 11.7 Å². The van der Waals surface area contributed by atoms with Crippen molar-refractivity contribution in [3.8, 4) is 16.9 Å². The lowest BCUT2D eigenvalue weighted by atomic mass is 10.0. The second-order valence-corrected chi connectivity index (χ2v) is 6.81. The molecular weight excluding hydrogens is 409 g/mol. The summed E-state index contributed by atoms with van der Waals surface area (Å²) in [6.45, 7) is 0. The van der Waals surface area contributed by atoms with Gasteiger partial charge in [0, 0.05) is 6.20 Å². The van der Waals surface area contributed by atoms with E-state index in [0.717, 1.165) is 34.5 Å². The fourth-order valence-corrected chi connectivity index (χ4v) is 3.16. The van der Waals surface area contributed by atoms with Gasteiger partial charge in [0.05, 0.1) is 24.8 Å². The Bertz CT molecular complexity index is 1230. The van der Waals surface area contributed by atoms with Crippen LogP contribution in [0.4, 0.5) is 18.9 Å². The van der Waals surface area contributed by atoms with Gasteiger partial charge in [0.25, 0.3) is 0 Å². The van der Waals surface area contributed by atoms with Gasteiger partial charge < -0.3 is 10.1 Å². The molecular formula is C22H17F3N4O2. The Hall–Kier alpha value is -3.88. The van der Waals surface area contributed by atoms with E-state index in [9.17, 15) is 18.0 Å². The van der Waals surface area contributed by atoms with Crippen LogP contribution in [0.3, 0.4) is 0 Å². The molecule has 0 unspecified atom stereocenters. The summed E-state index contributed by atoms with van der Waals surface area (Å²) >= 11 is 0. The van der Waals surface area contributed by atoms with Crippen molar-refractivity contribution < 1.29 is 22.7 Å². The fraction of sp³-hybridized carbons (Fsp3) is 0.136. The van der Waals surface area contributed by atoms with Crippen molar-refractivity contribution in [2.45, 2.75) is 12.6 Å². The number of anilines is 1. The van der Waals surface area contributed by atoms with E-state index in [-0.39, 0.29) is 23.8 Å². The van der Waals surface area contributed by atoms with Crippen LogP contribution in [-0.4, -0.2) is 27.6 Å². The number of amides is 1. The number of hydrogen-bond donors (Lipinski definition) is 1. The predicted octanol–water partition coefficient (Wildman–Crippen LogP) is 4.60. The number of methoxy groups -OCH3 is 1. The highest BCUT2D eigenvalue weighted by Crippen LogP contribution is 2.35. The first-order valence-electron chi connectivity index (χ1n) is 9.27. The van der Waals surface area contributed by atoms with Crippen LogP contribution in [0, 0.1) is 0 Å². The van der Waals surface area contributed by atoms with Crippen LogP contribution < -0.4 is 10.1 Å². The van der Waals surface area contributed by atoms with Crippen LogP contribution in [0.2, 0.25) is 0 Å². The van der Waals surface area contributed by atoms with E-state index in [1.807, 2.05) is 42.6 Å². The van der Waals surface area contributed by atoms with Crippen LogP contribution in [0.5, 0.6) is 5.75 Å². The highest BCUT2D eigenvalue weighted by molar-refractivity contribution is 5.93. The summed E-state index contributed by atoms with van der Waals surface area (Å²) in [6.07, 6.45) is -1.13. The third-order valence-electron chi connectivity index (χ3n) is 4.74. The minimum atomic E-state index is -4.49. The number of nitrogens with one attached hydrogen (secondary N) is 1. The average molecular weight is 426 g/mol. The van der Waals surface area contributed by atoms with Gasteiger partial charge in [-0.05, 0) is 47.0 Å². The van der Waals surface area contributed by atoms with Gasteiger partial charge in [-0.15, -0.1) is 0 Å². The molecule has 0 spiro atoms. The maximum absolute atomic E-state index is 12.9. The zero-order valence-corrected chi connectivity index (χ0v) is 16.3. The second-order valence-electron chi connectivity index (χ2n) is 6.81. The summed E-state index contributed by atoms with van der Waals surface area (Å²) in [5.74, 6) is -0.418. The molecule has 158 valence electrons. The Morgan fingerprint density at radius 1 is 1.06 bits per heavy atom. The quantitative estimate of drug-likeness (QED) is 0.506. The topological polar surface area (TPSA) is 68.5 Å². The molecule has 1 amide bonds. The molecule has 0 saturated heterocycles. The van der Waals surface area contributed by atoms with E-state index in [1.54, 1.807) is 4.52 Å². The van der Waals surface area contributed by atoms with Crippen molar-refractivity contribution in [2.24, 2.45) is 0 Å². The molecule has 2 aromatic carbocycles. The van der Waals surface area contributed by atoms with E-state index >= 15 is 0 Å². The molecule has 0 fully saturated rings. The summed E-state index contributed by atoms with van der Waals surface area (Å²) in [5, 5.41) is 6.66. The van der Waals surface area contributed by atoms with Gasteiger partial charge in [-0.3, -0.25) is 4.79 Å². The van der Waals surface area contributed by atoms with Crippen LogP contribution in [0.25, 0.3) is 16.8 Å². The Kier molecular flexibility index (Phi) is 5.33. The lowest BCUT2D eigenvalue weighted by Gasteiger charge is -2.13. The summed E-state index contributed by atoms with van der Waals surface area (Å²) in [6, 6.07) is 14.2. The molecule has 0 bridgehead atoms. The lowest BCUT2D eigenvalue weighted by molar-refractivity contribution is -0.137. The minimum Gasteiger partial charge on any atom is -0.495 e. The number of halogens is 3. The van der Waals surface area contributed by atoms with Crippen molar-refractivity contribution in [2.75, 3.05) is 12.4 Å². The molecule has 6 nitrogen and oxygen atoms in total. The normalized spacial score (nSPS) is 11.5. The monoisotopic (exact) mass is 426 g/mol. The Labute approximate surface area is 175 Å². The number of pyridine rings is 1. The van der Waals surface area contributed by atoms with Crippen LogP contribution in [0.15, 0.2) is 67.1 Å². The summed E-state index contributed by atoms with van der Waals surface area (Å²) in [4.78, 5) is 16.6. The largest absolute Gasteiger partial charge is 0.495 e. The summed E-state index contributed by atoms with van der Waals surface area (Å²) < 4.78 is 45.2. The van der Waals surface area contributed by atoms with E-state index in [2.05, 4.69) is 15.4 Å². The Morgan fingerprint density at radius 3 is 2.55 bits per heavy atom. The number of hydrogen-bond acceptors (Lipinski definition) is 4. The van der Waals surface area contributed by atoms with E-state index in [1.165, 1.54) is 19.5 Å². The standard InChI is InChI=1S/C22H17F3N4O2/c1-31-19-12-17(22(23,24)25)6-7-18(19)28-21(30)10-14-2-4-15(5-3-14)16-8-9-29-20(11-16)26-13-27-29/h2-9,11-13H,10H2,1H3,(H,28,30). The zero-order valence-electron chi connectivity index (χ0n) is 16.3. The molecule has 4 rings (SSSR count). The van der Waals surface area contributed by atoms with Gasteiger partial charge in [-0.2, -0.15) is 18.3 Å². The molecule has 2 aromatic heterocycles. The van der Waals surface area contributed by atoms with Gasteiger partial charge in [0.15, 0.2) is 5.65 Å². The third kappa shape index (κ3) is 4.50. The number of rotatable bonds is 5. The maximum Gasteiger partial charge on any atom is 0.416 e. The molecule has 4 aromatic rings. The number of nitrogens with zero attached hydrogens (tertiary/aromatic N) is 3. The first-order chi connectivity index (χ1) is 14.8. The van der Waals surface area contributed by atoms with Crippen LogP contribution >= 0.6 is 0 Å². The Balaban J connectivity index is 1.45. The number of ether oxygens (including phenoxy) is 1. The van der Waals surface area contributed by atoms with E-state index in [0.29, 0.717) is 0 Å². The maximum atomic E-state index is 12.9.